The Morgan fingerprint density at radius 1 is 1.53 bits per heavy atom. The van der Waals surface area contributed by atoms with Crippen LogP contribution in [0.25, 0.3) is 0 Å². The molecule has 0 aromatic heterocycles. The van der Waals surface area contributed by atoms with Crippen LogP contribution in [0.1, 0.15) is 12.5 Å². The van der Waals surface area contributed by atoms with Gasteiger partial charge in [-0.1, -0.05) is 30.3 Å². The van der Waals surface area contributed by atoms with Crippen LogP contribution in [0.5, 0.6) is 5.75 Å². The number of rotatable bonds is 5. The van der Waals surface area contributed by atoms with Gasteiger partial charge in [0.1, 0.15) is 12.4 Å². The van der Waals surface area contributed by atoms with E-state index in [2.05, 4.69) is 11.9 Å². The highest BCUT2D eigenvalue weighted by Crippen LogP contribution is 2.28. The highest BCUT2D eigenvalue weighted by Gasteiger charge is 2.07. The van der Waals surface area contributed by atoms with Gasteiger partial charge in [-0.05, 0) is 25.6 Å². The molecular weight excluding hydrogens is 210 g/mol. The quantitative estimate of drug-likeness (QED) is 0.778. The first-order valence-electron chi connectivity index (χ1n) is 4.84. The highest BCUT2D eigenvalue weighted by molar-refractivity contribution is 6.32. The molecule has 15 heavy (non-hydrogen) atoms. The summed E-state index contributed by atoms with van der Waals surface area (Å²) in [4.78, 5) is 0. The molecule has 0 heterocycles. The molecule has 0 aliphatic carbocycles. The summed E-state index contributed by atoms with van der Waals surface area (Å²) in [6, 6.07) is 5.74. The second kappa shape index (κ2) is 5.79. The van der Waals surface area contributed by atoms with E-state index in [-0.39, 0.29) is 0 Å². The minimum absolute atomic E-state index is 0.500. The van der Waals surface area contributed by atoms with Gasteiger partial charge < -0.3 is 10.1 Å². The maximum absolute atomic E-state index is 6.07. The average molecular weight is 226 g/mol. The lowest BCUT2D eigenvalue weighted by Crippen LogP contribution is -2.08. The van der Waals surface area contributed by atoms with E-state index >= 15 is 0 Å². The molecule has 0 bridgehead atoms. The van der Waals surface area contributed by atoms with Gasteiger partial charge >= 0.3 is 0 Å². The van der Waals surface area contributed by atoms with Crippen molar-refractivity contribution in [3.8, 4) is 5.75 Å². The van der Waals surface area contributed by atoms with E-state index in [9.17, 15) is 0 Å². The Morgan fingerprint density at radius 2 is 2.27 bits per heavy atom. The monoisotopic (exact) mass is 225 g/mol. The Hall–Kier alpha value is -0.990. The maximum atomic E-state index is 6.07. The predicted molar refractivity (Wildman–Crippen MR) is 64.5 cm³/mol. The Labute approximate surface area is 95.9 Å². The van der Waals surface area contributed by atoms with Crippen LogP contribution in [0, 0.1) is 0 Å². The van der Waals surface area contributed by atoms with Crippen LogP contribution in [-0.4, -0.2) is 13.7 Å². The summed E-state index contributed by atoms with van der Waals surface area (Å²) >= 11 is 6.07. The lowest BCUT2D eigenvalue weighted by Gasteiger charge is -2.12. The van der Waals surface area contributed by atoms with Crippen LogP contribution in [0.2, 0.25) is 5.02 Å². The van der Waals surface area contributed by atoms with Crippen molar-refractivity contribution < 1.29 is 4.74 Å². The number of nitrogens with one attached hydrogen (secondary N) is 1. The number of para-hydroxylation sites is 1. The van der Waals surface area contributed by atoms with Gasteiger partial charge in [0.25, 0.3) is 0 Å². The fourth-order valence-electron chi connectivity index (χ4n) is 1.24. The zero-order valence-electron chi connectivity index (χ0n) is 9.14. The Kier molecular flexibility index (Phi) is 4.66. The van der Waals surface area contributed by atoms with Crippen LogP contribution in [0.4, 0.5) is 0 Å². The van der Waals surface area contributed by atoms with Crippen molar-refractivity contribution in [2.75, 3.05) is 13.7 Å². The van der Waals surface area contributed by atoms with E-state index in [1.54, 1.807) is 0 Å². The van der Waals surface area contributed by atoms with Gasteiger partial charge in [-0.15, -0.1) is 0 Å². The topological polar surface area (TPSA) is 21.3 Å². The van der Waals surface area contributed by atoms with Gasteiger partial charge in [-0.25, -0.2) is 0 Å². The minimum atomic E-state index is 0.500. The van der Waals surface area contributed by atoms with Crippen molar-refractivity contribution in [2.45, 2.75) is 13.5 Å². The maximum Gasteiger partial charge on any atom is 0.142 e. The van der Waals surface area contributed by atoms with Crippen LogP contribution in [-0.2, 0) is 6.54 Å². The number of ether oxygens (including phenoxy) is 1. The third kappa shape index (κ3) is 3.57. The predicted octanol–water partition coefficient (Wildman–Crippen LogP) is 3.01. The zero-order valence-corrected chi connectivity index (χ0v) is 9.90. The summed E-state index contributed by atoms with van der Waals surface area (Å²) in [5.74, 6) is 0.747. The average Bonchev–Trinajstić information content (AvgIpc) is 2.17. The van der Waals surface area contributed by atoms with Crippen molar-refractivity contribution in [3.05, 3.63) is 40.9 Å². The lowest BCUT2D eigenvalue weighted by molar-refractivity contribution is 0.348. The van der Waals surface area contributed by atoms with Crippen LogP contribution in [0.3, 0.4) is 0 Å². The molecule has 0 radical (unpaired) electrons. The van der Waals surface area contributed by atoms with Crippen LogP contribution >= 0.6 is 11.6 Å². The second-order valence-corrected chi connectivity index (χ2v) is 3.91. The van der Waals surface area contributed by atoms with E-state index in [0.717, 1.165) is 23.4 Å². The first-order chi connectivity index (χ1) is 7.15. The molecule has 1 rings (SSSR count). The zero-order chi connectivity index (χ0) is 11.3. The summed E-state index contributed by atoms with van der Waals surface area (Å²) in [7, 11) is 1.89. The summed E-state index contributed by atoms with van der Waals surface area (Å²) < 4.78 is 5.61. The van der Waals surface area contributed by atoms with E-state index in [4.69, 9.17) is 16.3 Å². The molecule has 2 nitrogen and oxygen atoms in total. The highest BCUT2D eigenvalue weighted by atomic mass is 35.5. The molecule has 0 fully saturated rings. The molecule has 0 atom stereocenters. The fourth-order valence-corrected chi connectivity index (χ4v) is 1.49. The summed E-state index contributed by atoms with van der Waals surface area (Å²) in [6.07, 6.45) is 0. The summed E-state index contributed by atoms with van der Waals surface area (Å²) in [5, 5.41) is 3.72. The standard InChI is InChI=1S/C12H16ClNO/c1-9(2)8-15-12-10(7-14-3)5-4-6-11(12)13/h4-6,14H,1,7-8H2,2-3H3. The summed E-state index contributed by atoms with van der Waals surface area (Å²) in [5.41, 5.74) is 2.04. The lowest BCUT2D eigenvalue weighted by atomic mass is 10.2. The van der Waals surface area contributed by atoms with Gasteiger partial charge in [-0.2, -0.15) is 0 Å². The normalized spacial score (nSPS) is 10.1. The van der Waals surface area contributed by atoms with Crippen molar-refractivity contribution in [1.29, 1.82) is 0 Å². The van der Waals surface area contributed by atoms with Gasteiger partial charge in [-0.3, -0.25) is 0 Å². The SMILES string of the molecule is C=C(C)COc1c(Cl)cccc1CNC. The van der Waals surface area contributed by atoms with E-state index in [0.29, 0.717) is 11.6 Å². The molecular formula is C12H16ClNO. The molecule has 1 aromatic rings. The van der Waals surface area contributed by atoms with Crippen molar-refractivity contribution in [1.82, 2.24) is 5.32 Å². The largest absolute Gasteiger partial charge is 0.487 e. The van der Waals surface area contributed by atoms with Gasteiger partial charge in [0.2, 0.25) is 0 Å². The van der Waals surface area contributed by atoms with E-state index in [1.165, 1.54) is 0 Å². The Balaban J connectivity index is 2.86. The van der Waals surface area contributed by atoms with Gasteiger partial charge in [0, 0.05) is 12.1 Å². The number of hydrogen-bond acceptors (Lipinski definition) is 2. The number of halogens is 1. The van der Waals surface area contributed by atoms with Crippen molar-refractivity contribution in [2.24, 2.45) is 0 Å². The Morgan fingerprint density at radius 3 is 2.87 bits per heavy atom. The number of hydrogen-bond donors (Lipinski definition) is 1. The molecule has 1 aromatic carbocycles. The fraction of sp³-hybridized carbons (Fsp3) is 0.333. The van der Waals surface area contributed by atoms with E-state index in [1.807, 2.05) is 32.2 Å². The molecule has 0 aliphatic heterocycles. The second-order valence-electron chi connectivity index (χ2n) is 3.50. The van der Waals surface area contributed by atoms with Gasteiger partial charge in [0.15, 0.2) is 0 Å². The molecule has 0 saturated heterocycles. The first-order valence-corrected chi connectivity index (χ1v) is 5.22. The molecule has 1 N–H and O–H groups in total. The molecule has 82 valence electrons. The molecule has 3 heteroatoms. The van der Waals surface area contributed by atoms with Crippen LogP contribution in [0.15, 0.2) is 30.4 Å². The van der Waals surface area contributed by atoms with Crippen molar-refractivity contribution in [3.63, 3.8) is 0 Å². The molecule has 0 saturated carbocycles. The number of benzene rings is 1. The first kappa shape index (κ1) is 12.1. The van der Waals surface area contributed by atoms with Gasteiger partial charge in [0.05, 0.1) is 5.02 Å². The van der Waals surface area contributed by atoms with E-state index < -0.39 is 0 Å². The Bertz CT molecular complexity index is 349. The van der Waals surface area contributed by atoms with Crippen molar-refractivity contribution >= 4 is 11.6 Å². The third-order valence-corrected chi connectivity index (χ3v) is 2.18. The van der Waals surface area contributed by atoms with Crippen LogP contribution < -0.4 is 10.1 Å². The molecule has 0 unspecified atom stereocenters. The molecule has 0 amide bonds. The third-order valence-electron chi connectivity index (χ3n) is 1.88. The smallest absolute Gasteiger partial charge is 0.142 e. The molecule has 0 spiro atoms. The molecule has 0 aliphatic rings. The minimum Gasteiger partial charge on any atom is -0.487 e. The summed E-state index contributed by atoms with van der Waals surface area (Å²) in [6.45, 7) is 6.96.